The van der Waals surface area contributed by atoms with E-state index in [1.807, 2.05) is 42.5 Å². The van der Waals surface area contributed by atoms with E-state index < -0.39 is 0 Å². The molecular formula is C14H18O. The predicted octanol–water partition coefficient (Wildman–Crippen LogP) is 4.33. The molecule has 0 heterocycles. The molecule has 0 spiro atoms. The molecule has 0 atom stereocenters. The summed E-state index contributed by atoms with van der Waals surface area (Å²) in [6.07, 6.45) is 11.5. The Kier molecular flexibility index (Phi) is 6.07. The van der Waals surface area contributed by atoms with Gasteiger partial charge in [-0.25, -0.2) is 0 Å². The Labute approximate surface area is 92.1 Å². The fourth-order valence-electron chi connectivity index (χ4n) is 1.16. The van der Waals surface area contributed by atoms with Gasteiger partial charge < -0.3 is 4.74 Å². The molecule has 0 aromatic heterocycles. The summed E-state index contributed by atoms with van der Waals surface area (Å²) in [5.41, 5.74) is 0. The van der Waals surface area contributed by atoms with Crippen molar-refractivity contribution in [3.63, 3.8) is 0 Å². The highest BCUT2D eigenvalue weighted by atomic mass is 16.5. The van der Waals surface area contributed by atoms with Crippen molar-refractivity contribution in [1.82, 2.24) is 0 Å². The number of allylic oxidation sites excluding steroid dienone is 3. The van der Waals surface area contributed by atoms with Crippen LogP contribution in [-0.2, 0) is 0 Å². The average Bonchev–Trinajstić information content (AvgIpc) is 2.29. The van der Waals surface area contributed by atoms with Gasteiger partial charge in [-0.2, -0.15) is 0 Å². The Morgan fingerprint density at radius 2 is 1.93 bits per heavy atom. The third-order valence-electron chi connectivity index (χ3n) is 2.00. The first-order valence-electron chi connectivity index (χ1n) is 5.47. The lowest BCUT2D eigenvalue weighted by atomic mass is 10.2. The van der Waals surface area contributed by atoms with Crippen LogP contribution in [0.4, 0.5) is 0 Å². The summed E-state index contributed by atoms with van der Waals surface area (Å²) >= 11 is 0. The predicted molar refractivity (Wildman–Crippen MR) is 64.9 cm³/mol. The highest BCUT2D eigenvalue weighted by Gasteiger charge is 1.84. The van der Waals surface area contributed by atoms with Crippen LogP contribution in [0.15, 0.2) is 54.8 Å². The summed E-state index contributed by atoms with van der Waals surface area (Å²) in [7, 11) is 0. The normalized spacial score (nSPS) is 11.3. The molecule has 80 valence electrons. The second-order valence-electron chi connectivity index (χ2n) is 3.33. The first kappa shape index (κ1) is 11.6. The van der Waals surface area contributed by atoms with Gasteiger partial charge in [0.05, 0.1) is 6.26 Å². The molecule has 0 N–H and O–H groups in total. The third-order valence-corrected chi connectivity index (χ3v) is 2.00. The summed E-state index contributed by atoms with van der Waals surface area (Å²) in [5, 5.41) is 0. The van der Waals surface area contributed by atoms with Crippen LogP contribution in [0.3, 0.4) is 0 Å². The molecule has 1 aromatic rings. The molecule has 0 radical (unpaired) electrons. The van der Waals surface area contributed by atoms with Crippen LogP contribution < -0.4 is 4.74 Å². The van der Waals surface area contributed by atoms with Crippen molar-refractivity contribution in [1.29, 1.82) is 0 Å². The lowest BCUT2D eigenvalue weighted by molar-refractivity contribution is 0.481. The van der Waals surface area contributed by atoms with Crippen LogP contribution in [0.1, 0.15) is 26.2 Å². The van der Waals surface area contributed by atoms with Crippen molar-refractivity contribution in [3.8, 4) is 5.75 Å². The largest absolute Gasteiger partial charge is 0.465 e. The summed E-state index contributed by atoms with van der Waals surface area (Å²) in [5.74, 6) is 0.871. The molecule has 0 bridgehead atoms. The SMILES string of the molecule is CCCCC=CC=COc1ccccc1. The number of para-hydroxylation sites is 1. The van der Waals surface area contributed by atoms with Gasteiger partial charge in [0.25, 0.3) is 0 Å². The van der Waals surface area contributed by atoms with E-state index in [4.69, 9.17) is 4.74 Å². The van der Waals surface area contributed by atoms with Gasteiger partial charge in [-0.3, -0.25) is 0 Å². The van der Waals surface area contributed by atoms with Gasteiger partial charge in [-0.15, -0.1) is 0 Å². The minimum absolute atomic E-state index is 0.871. The number of rotatable bonds is 6. The highest BCUT2D eigenvalue weighted by molar-refractivity contribution is 5.22. The molecule has 1 rings (SSSR count). The molecule has 0 aliphatic carbocycles. The second-order valence-corrected chi connectivity index (χ2v) is 3.33. The molecule has 0 unspecified atom stereocenters. The van der Waals surface area contributed by atoms with E-state index in [9.17, 15) is 0 Å². The number of hydrogen-bond acceptors (Lipinski definition) is 1. The van der Waals surface area contributed by atoms with Gasteiger partial charge in [-0.05, 0) is 24.6 Å². The van der Waals surface area contributed by atoms with E-state index in [0.717, 1.165) is 12.2 Å². The van der Waals surface area contributed by atoms with Gasteiger partial charge >= 0.3 is 0 Å². The summed E-state index contributed by atoms with van der Waals surface area (Å²) < 4.78 is 5.38. The van der Waals surface area contributed by atoms with Crippen LogP contribution in [0.2, 0.25) is 0 Å². The maximum atomic E-state index is 5.38. The number of benzene rings is 1. The van der Waals surface area contributed by atoms with Gasteiger partial charge in [0, 0.05) is 0 Å². The number of ether oxygens (including phenoxy) is 1. The maximum Gasteiger partial charge on any atom is 0.126 e. The van der Waals surface area contributed by atoms with E-state index in [2.05, 4.69) is 13.0 Å². The monoisotopic (exact) mass is 202 g/mol. The van der Waals surface area contributed by atoms with Crippen molar-refractivity contribution >= 4 is 0 Å². The van der Waals surface area contributed by atoms with E-state index in [1.54, 1.807) is 6.26 Å². The zero-order valence-electron chi connectivity index (χ0n) is 9.23. The standard InChI is InChI=1S/C14H18O/c1-2-3-4-5-6-10-13-15-14-11-8-7-9-12-14/h5-13H,2-4H2,1H3. The van der Waals surface area contributed by atoms with Crippen LogP contribution in [0.25, 0.3) is 0 Å². The molecule has 0 saturated heterocycles. The molecule has 0 aliphatic rings. The van der Waals surface area contributed by atoms with Crippen LogP contribution in [0.5, 0.6) is 5.75 Å². The minimum atomic E-state index is 0.871. The number of unbranched alkanes of at least 4 members (excludes halogenated alkanes) is 2. The van der Waals surface area contributed by atoms with Gasteiger partial charge in [0.2, 0.25) is 0 Å². The van der Waals surface area contributed by atoms with Crippen molar-refractivity contribution in [2.45, 2.75) is 26.2 Å². The Morgan fingerprint density at radius 3 is 2.67 bits per heavy atom. The van der Waals surface area contributed by atoms with Crippen molar-refractivity contribution in [2.24, 2.45) is 0 Å². The zero-order valence-corrected chi connectivity index (χ0v) is 9.23. The molecular weight excluding hydrogens is 184 g/mol. The molecule has 0 saturated carbocycles. The highest BCUT2D eigenvalue weighted by Crippen LogP contribution is 2.08. The average molecular weight is 202 g/mol. The van der Waals surface area contributed by atoms with E-state index in [0.29, 0.717) is 0 Å². The molecule has 0 aliphatic heterocycles. The van der Waals surface area contributed by atoms with Crippen molar-refractivity contribution in [3.05, 3.63) is 54.8 Å². The van der Waals surface area contributed by atoms with Crippen molar-refractivity contribution < 1.29 is 4.74 Å². The van der Waals surface area contributed by atoms with Crippen LogP contribution in [-0.4, -0.2) is 0 Å². The topological polar surface area (TPSA) is 9.23 Å². The molecule has 0 fully saturated rings. The number of hydrogen-bond donors (Lipinski definition) is 0. The Bertz CT molecular complexity index is 298. The summed E-state index contributed by atoms with van der Waals surface area (Å²) in [6.45, 7) is 2.20. The van der Waals surface area contributed by atoms with Gasteiger partial charge in [0.1, 0.15) is 5.75 Å². The first-order chi connectivity index (χ1) is 7.43. The first-order valence-corrected chi connectivity index (χ1v) is 5.47. The Hall–Kier alpha value is -1.50. The van der Waals surface area contributed by atoms with E-state index in [1.165, 1.54) is 12.8 Å². The molecule has 1 aromatic carbocycles. The van der Waals surface area contributed by atoms with Gasteiger partial charge in [0.15, 0.2) is 0 Å². The van der Waals surface area contributed by atoms with E-state index >= 15 is 0 Å². The molecule has 1 nitrogen and oxygen atoms in total. The van der Waals surface area contributed by atoms with Crippen LogP contribution in [0, 0.1) is 0 Å². The lowest BCUT2D eigenvalue weighted by Gasteiger charge is -1.96. The fourth-order valence-corrected chi connectivity index (χ4v) is 1.16. The quantitative estimate of drug-likeness (QED) is 0.379. The summed E-state index contributed by atoms with van der Waals surface area (Å²) in [6, 6.07) is 9.76. The maximum absolute atomic E-state index is 5.38. The molecule has 15 heavy (non-hydrogen) atoms. The lowest BCUT2D eigenvalue weighted by Crippen LogP contribution is -1.79. The minimum Gasteiger partial charge on any atom is -0.465 e. The van der Waals surface area contributed by atoms with E-state index in [-0.39, 0.29) is 0 Å². The second kappa shape index (κ2) is 7.86. The third kappa shape index (κ3) is 5.74. The Balaban J connectivity index is 2.20. The molecule has 1 heteroatoms. The smallest absolute Gasteiger partial charge is 0.126 e. The molecule has 0 amide bonds. The van der Waals surface area contributed by atoms with Crippen LogP contribution >= 0.6 is 0 Å². The zero-order chi connectivity index (χ0) is 10.8. The fraction of sp³-hybridized carbons (Fsp3) is 0.286. The Morgan fingerprint density at radius 1 is 1.13 bits per heavy atom. The van der Waals surface area contributed by atoms with Gasteiger partial charge in [-0.1, -0.05) is 50.1 Å². The van der Waals surface area contributed by atoms with Crippen molar-refractivity contribution in [2.75, 3.05) is 0 Å². The summed E-state index contributed by atoms with van der Waals surface area (Å²) in [4.78, 5) is 0.